The third-order valence-corrected chi connectivity index (χ3v) is 3.37. The Labute approximate surface area is 83.6 Å². The zero-order valence-corrected chi connectivity index (χ0v) is 9.07. The summed E-state index contributed by atoms with van der Waals surface area (Å²) >= 11 is 4.98. The van der Waals surface area contributed by atoms with Crippen molar-refractivity contribution in [2.75, 3.05) is 13.7 Å². The standard InChI is InChI=1S/C7H10BrNO2S/c1-10-7-6(8)4-5(12-7)2-3-11-9/h4H,2-3,9H2,1H3. The molecule has 0 bridgehead atoms. The molecule has 12 heavy (non-hydrogen) atoms. The lowest BCUT2D eigenvalue weighted by Gasteiger charge is -1.93. The van der Waals surface area contributed by atoms with Gasteiger partial charge in [0, 0.05) is 11.3 Å². The number of ether oxygens (including phenoxy) is 1. The lowest BCUT2D eigenvalue weighted by atomic mass is 10.4. The molecule has 0 fully saturated rings. The molecule has 0 aromatic carbocycles. The third kappa shape index (κ3) is 2.45. The molecule has 0 unspecified atom stereocenters. The summed E-state index contributed by atoms with van der Waals surface area (Å²) in [6.45, 7) is 0.538. The monoisotopic (exact) mass is 251 g/mol. The topological polar surface area (TPSA) is 44.5 Å². The number of hydrogen-bond acceptors (Lipinski definition) is 4. The minimum Gasteiger partial charge on any atom is -0.486 e. The molecule has 2 N–H and O–H groups in total. The first kappa shape index (κ1) is 9.98. The summed E-state index contributed by atoms with van der Waals surface area (Å²) in [7, 11) is 1.65. The van der Waals surface area contributed by atoms with E-state index in [9.17, 15) is 0 Å². The largest absolute Gasteiger partial charge is 0.486 e. The minimum atomic E-state index is 0.538. The molecule has 1 heterocycles. The van der Waals surface area contributed by atoms with E-state index in [1.807, 2.05) is 6.07 Å². The predicted molar refractivity (Wildman–Crippen MR) is 52.4 cm³/mol. The maximum absolute atomic E-state index is 5.11. The minimum absolute atomic E-state index is 0.538. The van der Waals surface area contributed by atoms with Gasteiger partial charge in [-0.1, -0.05) is 0 Å². The molecule has 0 atom stereocenters. The Morgan fingerprint density at radius 1 is 1.67 bits per heavy atom. The first-order valence-electron chi connectivity index (χ1n) is 3.41. The first-order chi connectivity index (χ1) is 5.77. The Morgan fingerprint density at radius 3 is 2.92 bits per heavy atom. The van der Waals surface area contributed by atoms with Crippen molar-refractivity contribution in [1.82, 2.24) is 0 Å². The fraction of sp³-hybridized carbons (Fsp3) is 0.429. The number of thiophene rings is 1. The van der Waals surface area contributed by atoms with Gasteiger partial charge in [0.05, 0.1) is 18.2 Å². The number of halogens is 1. The molecule has 0 aliphatic rings. The van der Waals surface area contributed by atoms with E-state index < -0.39 is 0 Å². The number of nitrogens with two attached hydrogens (primary N) is 1. The van der Waals surface area contributed by atoms with Gasteiger partial charge in [-0.2, -0.15) is 0 Å². The summed E-state index contributed by atoms with van der Waals surface area (Å²) in [6, 6.07) is 2.02. The number of hydrogen-bond donors (Lipinski definition) is 1. The van der Waals surface area contributed by atoms with Crippen LogP contribution < -0.4 is 10.6 Å². The fourth-order valence-corrected chi connectivity index (χ4v) is 2.49. The van der Waals surface area contributed by atoms with E-state index in [0.717, 1.165) is 16.0 Å². The smallest absolute Gasteiger partial charge is 0.188 e. The summed E-state index contributed by atoms with van der Waals surface area (Å²) in [5.74, 6) is 4.92. The molecule has 0 amide bonds. The zero-order valence-electron chi connectivity index (χ0n) is 6.67. The molecule has 0 aliphatic heterocycles. The van der Waals surface area contributed by atoms with Gasteiger partial charge in [0.1, 0.15) is 0 Å². The number of rotatable bonds is 4. The van der Waals surface area contributed by atoms with Crippen molar-refractivity contribution >= 4 is 27.3 Å². The Balaban J connectivity index is 2.62. The molecular weight excluding hydrogens is 242 g/mol. The highest BCUT2D eigenvalue weighted by atomic mass is 79.9. The average Bonchev–Trinajstić information content (AvgIpc) is 2.43. The Kier molecular flexibility index (Phi) is 4.00. The van der Waals surface area contributed by atoms with Crippen molar-refractivity contribution < 1.29 is 9.57 Å². The van der Waals surface area contributed by atoms with Gasteiger partial charge in [-0.25, -0.2) is 5.90 Å². The van der Waals surface area contributed by atoms with Crippen molar-refractivity contribution in [3.8, 4) is 5.06 Å². The maximum Gasteiger partial charge on any atom is 0.188 e. The fourth-order valence-electron chi connectivity index (χ4n) is 0.819. The summed E-state index contributed by atoms with van der Waals surface area (Å²) in [6.07, 6.45) is 0.823. The van der Waals surface area contributed by atoms with E-state index in [1.54, 1.807) is 18.4 Å². The molecule has 68 valence electrons. The van der Waals surface area contributed by atoms with Crippen molar-refractivity contribution in [2.45, 2.75) is 6.42 Å². The van der Waals surface area contributed by atoms with Crippen LogP contribution in [0.4, 0.5) is 0 Å². The van der Waals surface area contributed by atoms with Gasteiger partial charge in [0.2, 0.25) is 0 Å². The second kappa shape index (κ2) is 4.81. The number of methoxy groups -OCH3 is 1. The molecule has 0 saturated heterocycles. The predicted octanol–water partition coefficient (Wildman–Crippen LogP) is 1.95. The van der Waals surface area contributed by atoms with Crippen LogP contribution in [0.25, 0.3) is 0 Å². The van der Waals surface area contributed by atoms with E-state index in [0.29, 0.717) is 6.61 Å². The van der Waals surface area contributed by atoms with E-state index >= 15 is 0 Å². The van der Waals surface area contributed by atoms with Crippen molar-refractivity contribution in [3.05, 3.63) is 15.4 Å². The third-order valence-electron chi connectivity index (χ3n) is 1.36. The highest BCUT2D eigenvalue weighted by molar-refractivity contribution is 9.10. The van der Waals surface area contributed by atoms with Gasteiger partial charge in [0.25, 0.3) is 0 Å². The first-order valence-corrected chi connectivity index (χ1v) is 5.02. The van der Waals surface area contributed by atoms with Gasteiger partial charge in [-0.3, -0.25) is 0 Å². The Bertz CT molecular complexity index is 252. The molecule has 1 rings (SSSR count). The van der Waals surface area contributed by atoms with Crippen LogP contribution in [0.15, 0.2) is 10.5 Å². The lowest BCUT2D eigenvalue weighted by Crippen LogP contribution is -2.02. The van der Waals surface area contributed by atoms with Gasteiger partial charge >= 0.3 is 0 Å². The quantitative estimate of drug-likeness (QED) is 0.833. The van der Waals surface area contributed by atoms with Crippen LogP contribution >= 0.6 is 27.3 Å². The van der Waals surface area contributed by atoms with Crippen molar-refractivity contribution in [1.29, 1.82) is 0 Å². The van der Waals surface area contributed by atoms with Gasteiger partial charge < -0.3 is 9.57 Å². The molecule has 1 aromatic heterocycles. The summed E-state index contributed by atoms with van der Waals surface area (Å²) in [5.41, 5.74) is 0. The van der Waals surface area contributed by atoms with Crippen molar-refractivity contribution in [2.24, 2.45) is 5.90 Å². The molecule has 0 radical (unpaired) electrons. The summed E-state index contributed by atoms with van der Waals surface area (Å²) in [5, 5.41) is 0.891. The van der Waals surface area contributed by atoms with Crippen LogP contribution in [-0.2, 0) is 11.3 Å². The molecule has 0 saturated carbocycles. The van der Waals surface area contributed by atoms with Crippen molar-refractivity contribution in [3.63, 3.8) is 0 Å². The van der Waals surface area contributed by atoms with Crippen LogP contribution in [-0.4, -0.2) is 13.7 Å². The van der Waals surface area contributed by atoms with Gasteiger partial charge in [0.15, 0.2) is 5.06 Å². The Morgan fingerprint density at radius 2 is 2.42 bits per heavy atom. The molecule has 0 spiro atoms. The zero-order chi connectivity index (χ0) is 8.97. The maximum atomic E-state index is 5.11. The average molecular weight is 252 g/mol. The highest BCUT2D eigenvalue weighted by Gasteiger charge is 2.05. The van der Waals surface area contributed by atoms with E-state index in [-0.39, 0.29) is 0 Å². The molecule has 0 aliphatic carbocycles. The molecular formula is C7H10BrNO2S. The van der Waals surface area contributed by atoms with E-state index in [4.69, 9.17) is 10.6 Å². The molecule has 5 heteroatoms. The summed E-state index contributed by atoms with van der Waals surface area (Å²) in [4.78, 5) is 5.68. The van der Waals surface area contributed by atoms with E-state index in [1.165, 1.54) is 4.88 Å². The van der Waals surface area contributed by atoms with E-state index in [2.05, 4.69) is 20.8 Å². The van der Waals surface area contributed by atoms with Crippen LogP contribution in [0.2, 0.25) is 0 Å². The SMILES string of the molecule is COc1sc(CCON)cc1Br. The highest BCUT2D eigenvalue weighted by Crippen LogP contribution is 2.34. The Hall–Kier alpha value is -0.100. The van der Waals surface area contributed by atoms with Crippen LogP contribution in [0.5, 0.6) is 5.06 Å². The molecule has 3 nitrogen and oxygen atoms in total. The van der Waals surface area contributed by atoms with Crippen LogP contribution in [0.3, 0.4) is 0 Å². The van der Waals surface area contributed by atoms with Crippen LogP contribution in [0, 0.1) is 0 Å². The van der Waals surface area contributed by atoms with Gasteiger partial charge in [-0.05, 0) is 22.0 Å². The lowest BCUT2D eigenvalue weighted by molar-refractivity contribution is 0.141. The molecule has 1 aromatic rings. The second-order valence-electron chi connectivity index (χ2n) is 2.17. The normalized spacial score (nSPS) is 10.2. The van der Waals surface area contributed by atoms with Gasteiger partial charge in [-0.15, -0.1) is 11.3 Å². The summed E-state index contributed by atoms with van der Waals surface area (Å²) < 4.78 is 6.09. The van der Waals surface area contributed by atoms with Crippen LogP contribution in [0.1, 0.15) is 4.88 Å². The second-order valence-corrected chi connectivity index (χ2v) is 4.13.